The second-order valence-corrected chi connectivity index (χ2v) is 6.91. The number of benzene rings is 2. The van der Waals surface area contributed by atoms with Crippen molar-refractivity contribution in [3.8, 4) is 0 Å². The van der Waals surface area contributed by atoms with E-state index in [9.17, 15) is 9.59 Å². The van der Waals surface area contributed by atoms with E-state index in [2.05, 4.69) is 4.74 Å². The van der Waals surface area contributed by atoms with Crippen LogP contribution in [0.15, 0.2) is 73.0 Å². The van der Waals surface area contributed by atoms with E-state index >= 15 is 0 Å². The quantitative estimate of drug-likeness (QED) is 0.249. The fourth-order valence-electron chi connectivity index (χ4n) is 3.21. The Morgan fingerprint density at radius 2 is 1.84 bits per heavy atom. The molecule has 0 aliphatic carbocycles. The van der Waals surface area contributed by atoms with Crippen LogP contribution < -0.4 is 0 Å². The molecular weight excluding hydrogens is 400 g/mol. The summed E-state index contributed by atoms with van der Waals surface area (Å²) in [5.74, 6) is -0.541. The molecule has 7 nitrogen and oxygen atoms in total. The van der Waals surface area contributed by atoms with Crippen molar-refractivity contribution >= 4 is 12.3 Å². The van der Waals surface area contributed by atoms with Crippen molar-refractivity contribution in [2.75, 3.05) is 13.7 Å². The van der Waals surface area contributed by atoms with Gasteiger partial charge in [-0.15, -0.1) is 0 Å². The van der Waals surface area contributed by atoms with Crippen LogP contribution in [0.3, 0.4) is 0 Å². The van der Waals surface area contributed by atoms with E-state index in [0.29, 0.717) is 6.61 Å². The summed E-state index contributed by atoms with van der Waals surface area (Å²) in [6.45, 7) is 0.514. The molecule has 0 aromatic heterocycles. The van der Waals surface area contributed by atoms with Crippen molar-refractivity contribution in [1.82, 2.24) is 0 Å². The average Bonchev–Trinajstić information content (AvgIpc) is 2.83. The lowest BCUT2D eigenvalue weighted by atomic mass is 10.0. The molecule has 164 valence electrons. The number of carbonyl (C=O) groups excluding carboxylic acids is 2. The van der Waals surface area contributed by atoms with Crippen LogP contribution in [0, 0.1) is 0 Å². The number of carbonyl (C=O) groups is 2. The fraction of sp³-hybridized carbons (Fsp3) is 0.333. The maximum atomic E-state index is 11.4. The van der Waals surface area contributed by atoms with E-state index in [0.717, 1.165) is 17.4 Å². The summed E-state index contributed by atoms with van der Waals surface area (Å²) in [4.78, 5) is 22.7. The fourth-order valence-corrected chi connectivity index (χ4v) is 3.21. The molecule has 2 aromatic carbocycles. The van der Waals surface area contributed by atoms with Gasteiger partial charge >= 0.3 is 5.97 Å². The van der Waals surface area contributed by atoms with Crippen LogP contribution in [-0.4, -0.2) is 44.3 Å². The van der Waals surface area contributed by atoms with Crippen molar-refractivity contribution < 1.29 is 33.3 Å². The Kier molecular flexibility index (Phi) is 8.78. The van der Waals surface area contributed by atoms with Crippen molar-refractivity contribution in [2.24, 2.45) is 0 Å². The first-order chi connectivity index (χ1) is 15.2. The molecule has 0 bridgehead atoms. The van der Waals surface area contributed by atoms with Gasteiger partial charge in [-0.1, -0.05) is 60.7 Å². The molecule has 1 heterocycles. The molecule has 1 aliphatic rings. The van der Waals surface area contributed by atoms with Gasteiger partial charge in [-0.05, 0) is 5.56 Å². The van der Waals surface area contributed by atoms with Gasteiger partial charge in [0, 0.05) is 12.0 Å². The Hall–Kier alpha value is -3.00. The highest BCUT2D eigenvalue weighted by Gasteiger charge is 2.39. The molecule has 0 unspecified atom stereocenters. The van der Waals surface area contributed by atoms with Crippen LogP contribution in [0.2, 0.25) is 0 Å². The third-order valence-electron chi connectivity index (χ3n) is 4.79. The number of hydrogen-bond donors (Lipinski definition) is 0. The zero-order chi connectivity index (χ0) is 21.9. The van der Waals surface area contributed by atoms with E-state index in [-0.39, 0.29) is 13.0 Å². The number of aldehydes is 1. The normalized spacial score (nSPS) is 22.0. The number of esters is 1. The molecule has 0 N–H and O–H groups in total. The van der Waals surface area contributed by atoms with Gasteiger partial charge in [0.2, 0.25) is 0 Å². The highest BCUT2D eigenvalue weighted by Crippen LogP contribution is 2.31. The van der Waals surface area contributed by atoms with Crippen LogP contribution >= 0.6 is 0 Å². The van der Waals surface area contributed by atoms with Gasteiger partial charge in [-0.3, -0.25) is 0 Å². The van der Waals surface area contributed by atoms with E-state index in [1.165, 1.54) is 19.4 Å². The van der Waals surface area contributed by atoms with Gasteiger partial charge in [0.1, 0.15) is 18.5 Å². The Bertz CT molecular complexity index is 838. The van der Waals surface area contributed by atoms with Crippen LogP contribution in [0.4, 0.5) is 0 Å². The number of ether oxygens (including phenoxy) is 5. The Labute approximate surface area is 181 Å². The van der Waals surface area contributed by atoms with Crippen LogP contribution in [-0.2, 0) is 39.9 Å². The van der Waals surface area contributed by atoms with Crippen molar-refractivity contribution in [3.05, 3.63) is 84.1 Å². The largest absolute Gasteiger partial charge is 0.493 e. The number of hydrogen-bond acceptors (Lipinski definition) is 7. The molecule has 1 aliphatic heterocycles. The predicted octanol–water partition coefficient (Wildman–Crippen LogP) is 3.35. The monoisotopic (exact) mass is 426 g/mol. The van der Waals surface area contributed by atoms with Gasteiger partial charge in [0.15, 0.2) is 6.29 Å². The minimum absolute atomic E-state index is 0.125. The summed E-state index contributed by atoms with van der Waals surface area (Å²) in [6, 6.07) is 19.2. The molecule has 0 radical (unpaired) electrons. The third-order valence-corrected chi connectivity index (χ3v) is 4.79. The topological polar surface area (TPSA) is 80.3 Å². The van der Waals surface area contributed by atoms with E-state index in [1.54, 1.807) is 0 Å². The van der Waals surface area contributed by atoms with Crippen LogP contribution in [0.1, 0.15) is 23.8 Å². The molecule has 7 heteroatoms. The molecular formula is C24H26O7. The van der Waals surface area contributed by atoms with Crippen molar-refractivity contribution in [2.45, 2.75) is 37.6 Å². The van der Waals surface area contributed by atoms with Gasteiger partial charge in [0.05, 0.1) is 38.8 Å². The Morgan fingerprint density at radius 1 is 1.13 bits per heavy atom. The van der Waals surface area contributed by atoms with E-state index in [4.69, 9.17) is 18.9 Å². The summed E-state index contributed by atoms with van der Waals surface area (Å²) in [5, 5.41) is 0. The Balaban J connectivity index is 1.76. The summed E-state index contributed by atoms with van der Waals surface area (Å²) in [7, 11) is 1.28. The van der Waals surface area contributed by atoms with Gasteiger partial charge in [-0.25, -0.2) is 4.79 Å². The number of methoxy groups -OCH3 is 1. The molecule has 4 atom stereocenters. The first kappa shape index (κ1) is 22.7. The van der Waals surface area contributed by atoms with E-state index < -0.39 is 30.6 Å². The summed E-state index contributed by atoms with van der Waals surface area (Å²) < 4.78 is 28.4. The minimum atomic E-state index is -0.620. The molecule has 31 heavy (non-hydrogen) atoms. The third kappa shape index (κ3) is 6.75. The molecule has 2 aromatic rings. The standard InChI is InChI=1S/C24H26O7/c1-27-22(26)13-15-28-21-17-30-24(19-10-6-3-7-11-19)31-23(21)20(12-14-25)29-16-18-8-4-2-5-9-18/h2-11,13-15,20-21,23-24H,12,16-17H2,1H3/b15-13+/t20-,21-,23+,24-/m1/s1. The summed E-state index contributed by atoms with van der Waals surface area (Å²) >= 11 is 0. The zero-order valence-electron chi connectivity index (χ0n) is 17.3. The second-order valence-electron chi connectivity index (χ2n) is 6.91. The predicted molar refractivity (Wildman–Crippen MR) is 112 cm³/mol. The lowest BCUT2D eigenvalue weighted by Gasteiger charge is -2.39. The zero-order valence-corrected chi connectivity index (χ0v) is 17.3. The second kappa shape index (κ2) is 12.0. The van der Waals surface area contributed by atoms with Crippen molar-refractivity contribution in [1.29, 1.82) is 0 Å². The Morgan fingerprint density at radius 3 is 2.52 bits per heavy atom. The van der Waals surface area contributed by atoms with Crippen LogP contribution in [0.25, 0.3) is 0 Å². The summed E-state index contributed by atoms with van der Waals surface area (Å²) in [6.07, 6.45) is 0.965. The highest BCUT2D eigenvalue weighted by molar-refractivity contribution is 5.81. The van der Waals surface area contributed by atoms with Crippen LogP contribution in [0.5, 0.6) is 0 Å². The maximum absolute atomic E-state index is 11.4. The molecule has 1 fully saturated rings. The van der Waals surface area contributed by atoms with Gasteiger partial charge < -0.3 is 28.5 Å². The van der Waals surface area contributed by atoms with Crippen molar-refractivity contribution in [3.63, 3.8) is 0 Å². The smallest absolute Gasteiger partial charge is 0.333 e. The molecule has 1 saturated heterocycles. The first-order valence-electron chi connectivity index (χ1n) is 10.0. The maximum Gasteiger partial charge on any atom is 0.333 e. The molecule has 0 spiro atoms. The van der Waals surface area contributed by atoms with Gasteiger partial charge in [-0.2, -0.15) is 0 Å². The summed E-state index contributed by atoms with van der Waals surface area (Å²) in [5.41, 5.74) is 1.83. The highest BCUT2D eigenvalue weighted by atomic mass is 16.7. The first-order valence-corrected chi connectivity index (χ1v) is 10.0. The molecule has 3 rings (SSSR count). The molecule has 0 amide bonds. The molecule has 0 saturated carbocycles. The average molecular weight is 426 g/mol. The lowest BCUT2D eigenvalue weighted by molar-refractivity contribution is -0.281. The van der Waals surface area contributed by atoms with Gasteiger partial charge in [0.25, 0.3) is 0 Å². The minimum Gasteiger partial charge on any atom is -0.493 e. The number of rotatable bonds is 10. The lowest BCUT2D eigenvalue weighted by Crippen LogP contribution is -2.49. The van der Waals surface area contributed by atoms with E-state index in [1.807, 2.05) is 60.7 Å². The SMILES string of the molecule is COC(=O)/C=C/O[C@@H]1CO[C@@H](c2ccccc2)O[C@H]1[C@@H](CC=O)OCc1ccccc1.